The van der Waals surface area contributed by atoms with E-state index in [1.165, 1.54) is 19.1 Å². The normalized spacial score (nSPS) is 13.3. The summed E-state index contributed by atoms with van der Waals surface area (Å²) in [6.07, 6.45) is 1.72. The number of carbonyl (C=O) groups excluding carboxylic acids is 2. The molecule has 2 aromatic carbocycles. The summed E-state index contributed by atoms with van der Waals surface area (Å²) >= 11 is 0. The van der Waals surface area contributed by atoms with E-state index in [4.69, 9.17) is 0 Å². The number of nitrogens with zero attached hydrogens (tertiary/aromatic N) is 1. The van der Waals surface area contributed by atoms with Crippen molar-refractivity contribution in [2.24, 2.45) is 0 Å². The van der Waals surface area contributed by atoms with Crippen molar-refractivity contribution in [2.45, 2.75) is 26.3 Å². The zero-order valence-electron chi connectivity index (χ0n) is 13.5. The number of anilines is 1. The van der Waals surface area contributed by atoms with Gasteiger partial charge in [-0.1, -0.05) is 18.2 Å². The number of benzene rings is 2. The lowest BCUT2D eigenvalue weighted by atomic mass is 10.0. The summed E-state index contributed by atoms with van der Waals surface area (Å²) in [6.45, 7) is 2.48. The van der Waals surface area contributed by atoms with E-state index in [1.807, 2.05) is 12.1 Å². The molecule has 3 rings (SSSR count). The molecule has 24 heavy (non-hydrogen) atoms. The smallest absolute Gasteiger partial charge is 0.258 e. The van der Waals surface area contributed by atoms with Crippen molar-refractivity contribution < 1.29 is 14.0 Å². The third kappa shape index (κ3) is 3.45. The first-order chi connectivity index (χ1) is 11.5. The second-order valence-corrected chi connectivity index (χ2v) is 5.94. The molecule has 5 heteroatoms. The monoisotopic (exact) mass is 326 g/mol. The maximum Gasteiger partial charge on any atom is 0.258 e. The Balaban J connectivity index is 1.80. The molecule has 4 nitrogen and oxygen atoms in total. The summed E-state index contributed by atoms with van der Waals surface area (Å²) in [7, 11) is 0. The van der Waals surface area contributed by atoms with Crippen LogP contribution in [-0.2, 0) is 17.8 Å². The standard InChI is InChI=1S/C19H19FN2O2/c1-13(23)21-12-14-4-6-16(7-5-14)19(24)22-10-2-3-15-8-9-17(20)11-18(15)22/h4-9,11H,2-3,10,12H2,1H3,(H,21,23). The minimum Gasteiger partial charge on any atom is -0.352 e. The number of hydrogen-bond donors (Lipinski definition) is 1. The van der Waals surface area contributed by atoms with Crippen molar-refractivity contribution in [3.63, 3.8) is 0 Å². The largest absolute Gasteiger partial charge is 0.352 e. The fraction of sp³-hybridized carbons (Fsp3) is 0.263. The molecule has 0 bridgehead atoms. The Morgan fingerprint density at radius 3 is 2.62 bits per heavy atom. The highest BCUT2D eigenvalue weighted by atomic mass is 19.1. The third-order valence-corrected chi connectivity index (χ3v) is 4.15. The Bertz CT molecular complexity index is 771. The van der Waals surface area contributed by atoms with E-state index < -0.39 is 0 Å². The van der Waals surface area contributed by atoms with Gasteiger partial charge in [0.1, 0.15) is 5.82 Å². The second-order valence-electron chi connectivity index (χ2n) is 5.94. The molecule has 0 saturated carbocycles. The molecule has 1 aliphatic heterocycles. The first kappa shape index (κ1) is 16.2. The van der Waals surface area contributed by atoms with E-state index >= 15 is 0 Å². The van der Waals surface area contributed by atoms with Crippen LogP contribution in [0.4, 0.5) is 10.1 Å². The number of fused-ring (bicyclic) bond motifs is 1. The first-order valence-electron chi connectivity index (χ1n) is 7.98. The van der Waals surface area contributed by atoms with Gasteiger partial charge in [0.15, 0.2) is 0 Å². The van der Waals surface area contributed by atoms with E-state index in [2.05, 4.69) is 5.32 Å². The average molecular weight is 326 g/mol. The average Bonchev–Trinajstić information content (AvgIpc) is 2.59. The number of rotatable bonds is 3. The van der Waals surface area contributed by atoms with Crippen LogP contribution in [-0.4, -0.2) is 18.4 Å². The SMILES string of the molecule is CC(=O)NCc1ccc(C(=O)N2CCCc3ccc(F)cc32)cc1. The Morgan fingerprint density at radius 2 is 1.92 bits per heavy atom. The zero-order valence-corrected chi connectivity index (χ0v) is 13.5. The molecule has 124 valence electrons. The van der Waals surface area contributed by atoms with Gasteiger partial charge in [-0.2, -0.15) is 0 Å². The van der Waals surface area contributed by atoms with Crippen LogP contribution in [0.5, 0.6) is 0 Å². The number of nitrogens with one attached hydrogen (secondary N) is 1. The molecule has 0 atom stereocenters. The van der Waals surface area contributed by atoms with Gasteiger partial charge in [-0.05, 0) is 48.2 Å². The van der Waals surface area contributed by atoms with E-state index in [-0.39, 0.29) is 17.6 Å². The van der Waals surface area contributed by atoms with Crippen LogP contribution in [0.2, 0.25) is 0 Å². The van der Waals surface area contributed by atoms with Gasteiger partial charge >= 0.3 is 0 Å². The van der Waals surface area contributed by atoms with E-state index in [0.29, 0.717) is 24.3 Å². The molecule has 0 saturated heterocycles. The minimum atomic E-state index is -0.334. The molecule has 0 spiro atoms. The van der Waals surface area contributed by atoms with E-state index in [9.17, 15) is 14.0 Å². The molecule has 1 aliphatic rings. The second kappa shape index (κ2) is 6.83. The summed E-state index contributed by atoms with van der Waals surface area (Å²) in [5, 5.41) is 2.72. The molecular formula is C19H19FN2O2. The molecule has 0 aromatic heterocycles. The molecule has 2 aromatic rings. The van der Waals surface area contributed by atoms with Gasteiger partial charge in [-0.15, -0.1) is 0 Å². The van der Waals surface area contributed by atoms with Gasteiger partial charge < -0.3 is 10.2 Å². The van der Waals surface area contributed by atoms with Crippen molar-refractivity contribution in [1.82, 2.24) is 5.32 Å². The van der Waals surface area contributed by atoms with Gasteiger partial charge in [0, 0.05) is 25.6 Å². The van der Waals surface area contributed by atoms with Crippen molar-refractivity contribution in [3.8, 4) is 0 Å². The van der Waals surface area contributed by atoms with E-state index in [0.717, 1.165) is 24.0 Å². The van der Waals surface area contributed by atoms with Gasteiger partial charge in [-0.3, -0.25) is 9.59 Å². The number of aryl methyl sites for hydroxylation is 1. The van der Waals surface area contributed by atoms with E-state index in [1.54, 1.807) is 23.1 Å². The highest BCUT2D eigenvalue weighted by Gasteiger charge is 2.24. The minimum absolute atomic E-state index is 0.0953. The fourth-order valence-corrected chi connectivity index (χ4v) is 2.91. The lowest BCUT2D eigenvalue weighted by molar-refractivity contribution is -0.119. The fourth-order valence-electron chi connectivity index (χ4n) is 2.91. The van der Waals surface area contributed by atoms with Gasteiger partial charge in [0.2, 0.25) is 5.91 Å². The summed E-state index contributed by atoms with van der Waals surface area (Å²) in [4.78, 5) is 25.4. The molecule has 0 unspecified atom stereocenters. The summed E-state index contributed by atoms with van der Waals surface area (Å²) in [5.74, 6) is -0.561. The molecule has 1 heterocycles. The highest BCUT2D eigenvalue weighted by Crippen LogP contribution is 2.29. The molecule has 2 amide bonds. The Morgan fingerprint density at radius 1 is 1.17 bits per heavy atom. The maximum atomic E-state index is 13.6. The van der Waals surface area contributed by atoms with Crippen LogP contribution in [0, 0.1) is 5.82 Å². The molecule has 1 N–H and O–H groups in total. The number of carbonyl (C=O) groups is 2. The molecule has 0 fully saturated rings. The zero-order chi connectivity index (χ0) is 17.1. The number of amides is 2. The van der Waals surface area contributed by atoms with Crippen molar-refractivity contribution in [3.05, 3.63) is 65.0 Å². The predicted octanol–water partition coefficient (Wildman–Crippen LogP) is 3.05. The van der Waals surface area contributed by atoms with Gasteiger partial charge in [0.25, 0.3) is 5.91 Å². The lowest BCUT2D eigenvalue weighted by Crippen LogP contribution is -2.35. The maximum absolute atomic E-state index is 13.6. The third-order valence-electron chi connectivity index (χ3n) is 4.15. The first-order valence-corrected chi connectivity index (χ1v) is 7.98. The number of halogens is 1. The van der Waals surface area contributed by atoms with Gasteiger partial charge in [0.05, 0.1) is 5.69 Å². The summed E-state index contributed by atoms with van der Waals surface area (Å²) in [5.41, 5.74) is 3.14. The molecule has 0 radical (unpaired) electrons. The molecular weight excluding hydrogens is 307 g/mol. The topological polar surface area (TPSA) is 49.4 Å². The van der Waals surface area contributed by atoms with Gasteiger partial charge in [-0.25, -0.2) is 4.39 Å². The predicted molar refractivity (Wildman–Crippen MR) is 90.4 cm³/mol. The van der Waals surface area contributed by atoms with Crippen LogP contribution >= 0.6 is 0 Å². The van der Waals surface area contributed by atoms with Crippen LogP contribution in [0.3, 0.4) is 0 Å². The molecule has 0 aliphatic carbocycles. The lowest BCUT2D eigenvalue weighted by Gasteiger charge is -2.29. The van der Waals surface area contributed by atoms with Crippen LogP contribution in [0.15, 0.2) is 42.5 Å². The van der Waals surface area contributed by atoms with Crippen molar-refractivity contribution in [1.29, 1.82) is 0 Å². The quantitative estimate of drug-likeness (QED) is 0.942. The number of hydrogen-bond acceptors (Lipinski definition) is 2. The van der Waals surface area contributed by atoms with Crippen LogP contribution in [0.25, 0.3) is 0 Å². The summed E-state index contributed by atoms with van der Waals surface area (Å²) < 4.78 is 13.6. The van der Waals surface area contributed by atoms with Crippen LogP contribution in [0.1, 0.15) is 34.8 Å². The van der Waals surface area contributed by atoms with Crippen molar-refractivity contribution >= 4 is 17.5 Å². The Kier molecular flexibility index (Phi) is 4.60. The summed E-state index contributed by atoms with van der Waals surface area (Å²) in [6, 6.07) is 11.7. The Hall–Kier alpha value is -2.69. The van der Waals surface area contributed by atoms with Crippen LogP contribution < -0.4 is 10.2 Å². The van der Waals surface area contributed by atoms with Crippen molar-refractivity contribution in [2.75, 3.05) is 11.4 Å². The highest BCUT2D eigenvalue weighted by molar-refractivity contribution is 6.06. The Labute approximate surface area is 140 Å².